The molecule has 1 heterocycles. The largest absolute Gasteiger partial charge is 0.484 e. The highest BCUT2D eigenvalue weighted by molar-refractivity contribution is 9.10. The van der Waals surface area contributed by atoms with E-state index >= 15 is 0 Å². The molecule has 1 amide bonds. The first-order valence-electron chi connectivity index (χ1n) is 8.32. The average molecular weight is 495 g/mol. The van der Waals surface area contributed by atoms with Gasteiger partial charge in [-0.1, -0.05) is 5.16 Å². The van der Waals surface area contributed by atoms with Crippen LogP contribution in [-0.2, 0) is 9.73 Å². The molecular weight excluding hydrogens is 483 g/mol. The zero-order valence-corrected chi connectivity index (χ0v) is 16.9. The summed E-state index contributed by atoms with van der Waals surface area (Å²) in [5, 5.41) is 23.7. The van der Waals surface area contributed by atoms with Crippen LogP contribution in [0.5, 0.6) is 5.75 Å². The van der Waals surface area contributed by atoms with Crippen LogP contribution in [0.15, 0.2) is 56.7 Å². The zero-order valence-electron chi connectivity index (χ0n) is 15.3. The number of non-ortho nitro benzene ring substituents is 1. The number of benzene rings is 2. The molecule has 0 saturated heterocycles. The van der Waals surface area contributed by atoms with Crippen LogP contribution in [0.25, 0.3) is 0 Å². The zero-order chi connectivity index (χ0) is 22.2. The Morgan fingerprint density at radius 3 is 2.77 bits per heavy atom. The van der Waals surface area contributed by atoms with Gasteiger partial charge in [-0.3, -0.25) is 19.8 Å². The Labute approximate surface area is 181 Å². The maximum Gasteiger partial charge on any atom is 0.269 e. The van der Waals surface area contributed by atoms with E-state index < -0.39 is 23.3 Å². The van der Waals surface area contributed by atoms with Crippen molar-refractivity contribution in [3.05, 3.63) is 68.6 Å². The third-order valence-electron chi connectivity index (χ3n) is 3.50. The minimum atomic E-state index is -0.584. The summed E-state index contributed by atoms with van der Waals surface area (Å²) in [6.45, 7) is -0.390. The van der Waals surface area contributed by atoms with Crippen molar-refractivity contribution in [2.24, 2.45) is 5.16 Å². The van der Waals surface area contributed by atoms with Crippen LogP contribution in [0.2, 0.25) is 0 Å². The van der Waals surface area contributed by atoms with Gasteiger partial charge >= 0.3 is 0 Å². The molecule has 0 unspecified atom stereocenters. The van der Waals surface area contributed by atoms with Crippen LogP contribution in [0, 0.1) is 15.9 Å². The predicted molar refractivity (Wildman–Crippen MR) is 108 cm³/mol. The number of nitrogens with one attached hydrogen (secondary N) is 2. The fourth-order valence-electron chi connectivity index (χ4n) is 2.06. The standard InChI is InChI=1S/C17H12BrFN6O6/c18-13-7-10(1-6-14(13)19)22-30-20-8-15-17(24-31-23-15)21-16(26)9-29-12-4-2-11(3-5-12)25(27)28/h1-8,22H,9H2,(H,21,24,26)/b20-8+. The van der Waals surface area contributed by atoms with Crippen molar-refractivity contribution >= 4 is 45.2 Å². The lowest BCUT2D eigenvalue weighted by Crippen LogP contribution is -2.21. The number of nitrogens with zero attached hydrogens (tertiary/aromatic N) is 4. The van der Waals surface area contributed by atoms with Crippen LogP contribution in [0.3, 0.4) is 0 Å². The number of oxime groups is 1. The van der Waals surface area contributed by atoms with Gasteiger partial charge in [0, 0.05) is 12.1 Å². The van der Waals surface area contributed by atoms with Gasteiger partial charge in [0.05, 0.1) is 15.1 Å². The van der Waals surface area contributed by atoms with E-state index in [0.29, 0.717) is 5.69 Å². The second-order valence-corrected chi connectivity index (χ2v) is 6.50. The van der Waals surface area contributed by atoms with E-state index in [4.69, 9.17) is 9.68 Å². The Balaban J connectivity index is 1.48. The number of carbonyl (C=O) groups is 1. The molecule has 3 aromatic rings. The second kappa shape index (κ2) is 10.1. The molecule has 0 radical (unpaired) electrons. The normalized spacial score (nSPS) is 10.6. The Morgan fingerprint density at radius 2 is 2.06 bits per heavy atom. The lowest BCUT2D eigenvalue weighted by atomic mass is 10.3. The maximum atomic E-state index is 13.2. The number of ether oxygens (including phenoxy) is 1. The first-order chi connectivity index (χ1) is 14.9. The summed E-state index contributed by atoms with van der Waals surface area (Å²) in [6.07, 6.45) is 1.12. The van der Waals surface area contributed by atoms with E-state index in [1.54, 1.807) is 0 Å². The van der Waals surface area contributed by atoms with Crippen molar-refractivity contribution in [1.82, 2.24) is 10.3 Å². The molecule has 0 atom stereocenters. The number of amides is 1. The van der Waals surface area contributed by atoms with Gasteiger partial charge in [-0.05, 0) is 56.6 Å². The van der Waals surface area contributed by atoms with Crippen molar-refractivity contribution in [1.29, 1.82) is 0 Å². The Bertz CT molecular complexity index is 1110. The fourth-order valence-corrected chi connectivity index (χ4v) is 2.44. The molecule has 0 aliphatic rings. The number of nitro benzene ring substituents is 1. The van der Waals surface area contributed by atoms with Crippen LogP contribution < -0.4 is 15.5 Å². The Hall–Kier alpha value is -4.07. The SMILES string of the molecule is O=C(COc1ccc([N+](=O)[O-])cc1)Nc1nonc1/C=N/ONc1ccc(F)c(Br)c1. The summed E-state index contributed by atoms with van der Waals surface area (Å²) in [7, 11) is 0. The minimum absolute atomic E-state index is 0.0332. The molecule has 14 heteroatoms. The molecule has 2 aromatic carbocycles. The summed E-state index contributed by atoms with van der Waals surface area (Å²) >= 11 is 3.04. The lowest BCUT2D eigenvalue weighted by Gasteiger charge is -2.05. The average Bonchev–Trinajstić information content (AvgIpc) is 3.19. The Kier molecular flexibility index (Phi) is 7.05. The van der Waals surface area contributed by atoms with Gasteiger partial charge in [0.15, 0.2) is 12.3 Å². The summed E-state index contributed by atoms with van der Waals surface area (Å²) < 4.78 is 23.2. The van der Waals surface area contributed by atoms with Crippen molar-refractivity contribution in [3.63, 3.8) is 0 Å². The molecule has 31 heavy (non-hydrogen) atoms. The Morgan fingerprint density at radius 1 is 1.29 bits per heavy atom. The van der Waals surface area contributed by atoms with E-state index in [1.807, 2.05) is 0 Å². The summed E-state index contributed by atoms with van der Waals surface area (Å²) in [4.78, 5) is 26.9. The van der Waals surface area contributed by atoms with Gasteiger partial charge in [0.25, 0.3) is 11.6 Å². The van der Waals surface area contributed by atoms with E-state index in [9.17, 15) is 19.3 Å². The number of anilines is 2. The van der Waals surface area contributed by atoms with Crippen molar-refractivity contribution < 1.29 is 28.4 Å². The summed E-state index contributed by atoms with van der Waals surface area (Å²) in [6, 6.07) is 9.34. The number of halogens is 2. The second-order valence-electron chi connectivity index (χ2n) is 5.64. The van der Waals surface area contributed by atoms with Gasteiger partial charge in [-0.25, -0.2) is 9.02 Å². The van der Waals surface area contributed by atoms with Gasteiger partial charge in [0.1, 0.15) is 17.8 Å². The highest BCUT2D eigenvalue weighted by Gasteiger charge is 2.13. The highest BCUT2D eigenvalue weighted by Crippen LogP contribution is 2.20. The summed E-state index contributed by atoms with van der Waals surface area (Å²) in [5.41, 5.74) is 2.86. The first-order valence-corrected chi connectivity index (χ1v) is 9.12. The smallest absolute Gasteiger partial charge is 0.269 e. The number of rotatable bonds is 9. The monoisotopic (exact) mass is 494 g/mol. The van der Waals surface area contributed by atoms with Crippen LogP contribution >= 0.6 is 15.9 Å². The lowest BCUT2D eigenvalue weighted by molar-refractivity contribution is -0.384. The number of hydrogen-bond acceptors (Lipinski definition) is 10. The van der Waals surface area contributed by atoms with E-state index in [0.717, 1.165) is 6.21 Å². The van der Waals surface area contributed by atoms with Gasteiger partial charge < -0.3 is 10.1 Å². The molecule has 0 aliphatic carbocycles. The van der Waals surface area contributed by atoms with Crippen LogP contribution in [0.4, 0.5) is 21.6 Å². The fraction of sp³-hybridized carbons (Fsp3) is 0.0588. The molecule has 2 N–H and O–H groups in total. The summed E-state index contributed by atoms with van der Waals surface area (Å²) in [5.74, 6) is -0.776. The first kappa shape index (κ1) is 21.6. The van der Waals surface area contributed by atoms with E-state index in [-0.39, 0.29) is 27.4 Å². The van der Waals surface area contributed by atoms with Crippen molar-refractivity contribution in [2.75, 3.05) is 17.4 Å². The molecule has 0 bridgehead atoms. The number of carbonyl (C=O) groups excluding carboxylic acids is 1. The number of hydrogen-bond donors (Lipinski definition) is 2. The van der Waals surface area contributed by atoms with Crippen molar-refractivity contribution in [2.45, 2.75) is 0 Å². The van der Waals surface area contributed by atoms with E-state index in [2.05, 4.69) is 46.8 Å². The number of nitro groups is 1. The highest BCUT2D eigenvalue weighted by atomic mass is 79.9. The van der Waals surface area contributed by atoms with E-state index in [1.165, 1.54) is 42.5 Å². The maximum absolute atomic E-state index is 13.2. The third kappa shape index (κ3) is 6.20. The molecule has 160 valence electrons. The molecule has 0 saturated carbocycles. The molecule has 0 fully saturated rings. The van der Waals surface area contributed by atoms with Crippen molar-refractivity contribution in [3.8, 4) is 5.75 Å². The molecule has 0 aliphatic heterocycles. The van der Waals surface area contributed by atoms with Crippen LogP contribution in [-0.4, -0.2) is 34.0 Å². The van der Waals surface area contributed by atoms with Gasteiger partial charge in [-0.15, -0.1) is 0 Å². The molecule has 3 rings (SSSR count). The van der Waals surface area contributed by atoms with Gasteiger partial charge in [-0.2, -0.15) is 5.48 Å². The number of aromatic nitrogens is 2. The molecular formula is C17H12BrFN6O6. The third-order valence-corrected chi connectivity index (χ3v) is 4.11. The topological polar surface area (TPSA) is 154 Å². The van der Waals surface area contributed by atoms with Gasteiger partial charge in [0.2, 0.25) is 5.82 Å². The molecule has 1 aromatic heterocycles. The minimum Gasteiger partial charge on any atom is -0.484 e. The predicted octanol–water partition coefficient (Wildman–Crippen LogP) is 3.27. The molecule has 0 spiro atoms. The molecule has 12 nitrogen and oxygen atoms in total. The quantitative estimate of drug-likeness (QED) is 0.259. The van der Waals surface area contributed by atoms with Crippen LogP contribution in [0.1, 0.15) is 5.69 Å².